The molecule has 0 aromatic carbocycles. The van der Waals surface area contributed by atoms with Gasteiger partial charge in [0.2, 0.25) is 47.3 Å². The summed E-state index contributed by atoms with van der Waals surface area (Å²) in [6.45, 7) is 3.52. The van der Waals surface area contributed by atoms with Crippen molar-refractivity contribution in [1.82, 2.24) is 31.9 Å². The van der Waals surface area contributed by atoms with E-state index in [1.165, 1.54) is 20.8 Å². The van der Waals surface area contributed by atoms with E-state index in [9.17, 15) is 63.3 Å². The highest BCUT2D eigenvalue weighted by Crippen LogP contribution is 2.08. The Morgan fingerprint density at radius 3 is 1.57 bits per heavy atom. The van der Waals surface area contributed by atoms with Crippen molar-refractivity contribution in [2.24, 2.45) is 28.9 Å². The standard InChI is InChI=1S/C31H54N10O13/c1-14(2)24(30(52)38-18(31(53)54)6-4-5-11-32)41-28(50)19(12-23(45)46)39-27(49)17(8-10-22(35)44)37-29(51)20(13-42)40-25(47)15(3)36-26(48)16(33)7-9-21(34)43/h14-20,24,42H,4-13,32-33H2,1-3H3,(H2,34,43)(H2,35,44)(H,36,48)(H,37,51)(H,38,52)(H,39,49)(H,40,47)(H,41,50)(H,45,46)(H,53,54)/t15-,16-,17-,18-,19-,20-,24-/m0/s1. The molecule has 0 heterocycles. The highest BCUT2D eigenvalue weighted by atomic mass is 16.4. The molecule has 0 aromatic rings. The molecule has 54 heavy (non-hydrogen) atoms. The Morgan fingerprint density at radius 2 is 1.07 bits per heavy atom. The maximum absolute atomic E-state index is 13.4. The molecule has 0 saturated heterocycles. The van der Waals surface area contributed by atoms with E-state index in [0.717, 1.165) is 0 Å². The highest BCUT2D eigenvalue weighted by molar-refractivity contribution is 5.98. The fourth-order valence-electron chi connectivity index (χ4n) is 4.59. The molecule has 0 saturated carbocycles. The molecule has 8 amide bonds. The smallest absolute Gasteiger partial charge is 0.326 e. The van der Waals surface area contributed by atoms with Crippen LogP contribution >= 0.6 is 0 Å². The van der Waals surface area contributed by atoms with E-state index in [0.29, 0.717) is 19.4 Å². The molecule has 306 valence electrons. The molecular weight excluding hydrogens is 720 g/mol. The molecule has 0 radical (unpaired) electrons. The summed E-state index contributed by atoms with van der Waals surface area (Å²) in [5.41, 5.74) is 21.3. The van der Waals surface area contributed by atoms with Gasteiger partial charge < -0.3 is 70.2 Å². The Balaban J connectivity index is 5.95. The lowest BCUT2D eigenvalue weighted by Gasteiger charge is -2.27. The third-order valence-corrected chi connectivity index (χ3v) is 7.74. The second kappa shape index (κ2) is 24.8. The fourth-order valence-corrected chi connectivity index (χ4v) is 4.59. The third-order valence-electron chi connectivity index (χ3n) is 7.74. The number of hydrogen-bond donors (Lipinski definition) is 13. The minimum atomic E-state index is -1.87. The van der Waals surface area contributed by atoms with E-state index < -0.39 is 133 Å². The van der Waals surface area contributed by atoms with Gasteiger partial charge in [-0.1, -0.05) is 13.8 Å². The van der Waals surface area contributed by atoms with E-state index in [2.05, 4.69) is 31.9 Å². The molecule has 0 aromatic heterocycles. The predicted octanol–water partition coefficient (Wildman–Crippen LogP) is -5.89. The largest absolute Gasteiger partial charge is 0.481 e. The number of unbranched alkanes of at least 4 members (excludes halogenated alkanes) is 1. The van der Waals surface area contributed by atoms with Crippen molar-refractivity contribution < 1.29 is 63.3 Å². The fraction of sp³-hybridized carbons (Fsp3) is 0.677. The number of aliphatic hydroxyl groups excluding tert-OH is 1. The van der Waals surface area contributed by atoms with Gasteiger partial charge in [0.05, 0.1) is 19.1 Å². The van der Waals surface area contributed by atoms with Gasteiger partial charge in [-0.3, -0.25) is 43.2 Å². The molecule has 0 aliphatic carbocycles. The SMILES string of the molecule is CC(C)[C@H](NC(=O)[C@H](CC(=O)O)NC(=O)[C@H](CCC(N)=O)NC(=O)[C@H](CO)NC(=O)[C@H](C)NC(=O)[C@@H](N)CCC(N)=O)C(=O)N[C@@H](CCCCN)C(=O)O. The molecule has 17 N–H and O–H groups in total. The van der Waals surface area contributed by atoms with Crippen molar-refractivity contribution in [2.45, 2.75) is 114 Å². The Morgan fingerprint density at radius 1 is 0.574 bits per heavy atom. The van der Waals surface area contributed by atoms with Gasteiger partial charge in [-0.25, -0.2) is 4.79 Å². The first kappa shape index (κ1) is 48.6. The molecule has 0 rings (SSSR count). The van der Waals surface area contributed by atoms with Gasteiger partial charge in [0.1, 0.15) is 36.3 Å². The quantitative estimate of drug-likeness (QED) is 0.0346. The van der Waals surface area contributed by atoms with Crippen LogP contribution in [0.25, 0.3) is 0 Å². The number of aliphatic hydroxyl groups is 1. The number of rotatable bonds is 27. The Labute approximate surface area is 310 Å². The molecular formula is C31H54N10O13. The van der Waals surface area contributed by atoms with E-state index in [1.54, 1.807) is 0 Å². The molecule has 0 unspecified atom stereocenters. The first-order valence-electron chi connectivity index (χ1n) is 17.0. The van der Waals surface area contributed by atoms with Crippen LogP contribution in [0.1, 0.15) is 72.1 Å². The number of nitrogens with two attached hydrogens (primary N) is 4. The monoisotopic (exact) mass is 774 g/mol. The summed E-state index contributed by atoms with van der Waals surface area (Å²) in [6.07, 6.45) is -1.42. The Kier molecular flexibility index (Phi) is 22.3. The van der Waals surface area contributed by atoms with Crippen molar-refractivity contribution in [3.8, 4) is 0 Å². The minimum Gasteiger partial charge on any atom is -0.481 e. The van der Waals surface area contributed by atoms with Crippen LogP contribution in [0.15, 0.2) is 0 Å². The van der Waals surface area contributed by atoms with Gasteiger partial charge in [0.15, 0.2) is 0 Å². The van der Waals surface area contributed by atoms with Crippen LogP contribution in [-0.4, -0.2) is 130 Å². The first-order valence-corrected chi connectivity index (χ1v) is 17.0. The number of carbonyl (C=O) groups is 10. The number of carboxylic acids is 2. The van der Waals surface area contributed by atoms with Gasteiger partial charge in [-0.2, -0.15) is 0 Å². The zero-order valence-corrected chi connectivity index (χ0v) is 30.4. The highest BCUT2D eigenvalue weighted by Gasteiger charge is 2.35. The predicted molar refractivity (Wildman–Crippen MR) is 187 cm³/mol. The molecule has 0 aliphatic rings. The summed E-state index contributed by atoms with van der Waals surface area (Å²) < 4.78 is 0. The van der Waals surface area contributed by atoms with E-state index in [4.69, 9.17) is 22.9 Å². The molecule has 0 bridgehead atoms. The van der Waals surface area contributed by atoms with E-state index >= 15 is 0 Å². The zero-order chi connectivity index (χ0) is 41.7. The summed E-state index contributed by atoms with van der Waals surface area (Å²) in [7, 11) is 0. The second-order valence-corrected chi connectivity index (χ2v) is 12.7. The molecule has 23 nitrogen and oxygen atoms in total. The summed E-state index contributed by atoms with van der Waals surface area (Å²) in [5.74, 6) is -11.4. The van der Waals surface area contributed by atoms with Gasteiger partial charge in [0.25, 0.3) is 0 Å². The lowest BCUT2D eigenvalue weighted by atomic mass is 10.0. The summed E-state index contributed by atoms with van der Waals surface area (Å²) >= 11 is 0. The van der Waals surface area contributed by atoms with Crippen LogP contribution in [0.2, 0.25) is 0 Å². The lowest BCUT2D eigenvalue weighted by molar-refractivity contribution is -0.143. The summed E-state index contributed by atoms with van der Waals surface area (Å²) in [6, 6.07) is -10.5. The number of carboxylic acid groups (broad SMARTS) is 2. The van der Waals surface area contributed by atoms with Crippen molar-refractivity contribution in [2.75, 3.05) is 13.2 Å². The average molecular weight is 775 g/mol. The van der Waals surface area contributed by atoms with Crippen molar-refractivity contribution in [1.29, 1.82) is 0 Å². The number of aliphatic carboxylic acids is 2. The maximum atomic E-state index is 13.4. The average Bonchev–Trinajstić information content (AvgIpc) is 3.08. The Bertz CT molecular complexity index is 1360. The molecule has 0 aliphatic heterocycles. The number of nitrogens with one attached hydrogen (secondary N) is 6. The van der Waals surface area contributed by atoms with Crippen LogP contribution in [-0.2, 0) is 47.9 Å². The molecule has 23 heteroatoms. The minimum absolute atomic E-state index is 0.0396. The molecule has 7 atom stereocenters. The van der Waals surface area contributed by atoms with Gasteiger partial charge in [0, 0.05) is 12.8 Å². The van der Waals surface area contributed by atoms with E-state index in [1.807, 2.05) is 0 Å². The number of hydrogen-bond acceptors (Lipinski definition) is 13. The summed E-state index contributed by atoms with van der Waals surface area (Å²) in [5, 5.41) is 42.2. The van der Waals surface area contributed by atoms with Crippen LogP contribution in [0, 0.1) is 5.92 Å². The normalized spacial score (nSPS) is 14.8. The third kappa shape index (κ3) is 18.9. The van der Waals surface area contributed by atoms with Crippen molar-refractivity contribution in [3.63, 3.8) is 0 Å². The maximum Gasteiger partial charge on any atom is 0.326 e. The summed E-state index contributed by atoms with van der Waals surface area (Å²) in [4.78, 5) is 124. The number of amides is 8. The van der Waals surface area contributed by atoms with Crippen LogP contribution < -0.4 is 54.8 Å². The van der Waals surface area contributed by atoms with Crippen molar-refractivity contribution in [3.05, 3.63) is 0 Å². The van der Waals surface area contributed by atoms with Gasteiger partial charge >= 0.3 is 11.9 Å². The molecule has 0 fully saturated rings. The van der Waals surface area contributed by atoms with Crippen LogP contribution in [0.4, 0.5) is 0 Å². The molecule has 0 spiro atoms. The van der Waals surface area contributed by atoms with Crippen molar-refractivity contribution >= 4 is 59.2 Å². The topological polar surface area (TPSA) is 408 Å². The number of primary amides is 2. The number of carbonyl (C=O) groups excluding carboxylic acids is 8. The van der Waals surface area contributed by atoms with Gasteiger partial charge in [-0.05, 0) is 51.5 Å². The zero-order valence-electron chi connectivity index (χ0n) is 30.4. The van der Waals surface area contributed by atoms with E-state index in [-0.39, 0.29) is 19.3 Å². The Hall–Kier alpha value is -5.42. The lowest BCUT2D eigenvalue weighted by Crippen LogP contribution is -2.60. The first-order chi connectivity index (χ1) is 25.1. The second-order valence-electron chi connectivity index (χ2n) is 12.7. The van der Waals surface area contributed by atoms with Gasteiger partial charge in [-0.15, -0.1) is 0 Å². The van der Waals surface area contributed by atoms with Crippen LogP contribution in [0.3, 0.4) is 0 Å². The van der Waals surface area contributed by atoms with Crippen LogP contribution in [0.5, 0.6) is 0 Å².